The first-order valence-corrected chi connectivity index (χ1v) is 9.78. The number of nitrogens with zero attached hydrogens (tertiary/aromatic N) is 2. The van der Waals surface area contributed by atoms with Crippen molar-refractivity contribution in [2.45, 2.75) is 20.3 Å². The van der Waals surface area contributed by atoms with Gasteiger partial charge in [-0.05, 0) is 32.0 Å². The summed E-state index contributed by atoms with van der Waals surface area (Å²) in [5, 5.41) is 4.95. The predicted molar refractivity (Wildman–Crippen MR) is 105 cm³/mol. The molecule has 9 heteroatoms. The second kappa shape index (κ2) is 7.40. The Labute approximate surface area is 169 Å². The molecule has 2 amide bonds. The maximum absolute atomic E-state index is 13.5. The van der Waals surface area contributed by atoms with E-state index < -0.39 is 17.6 Å². The van der Waals surface area contributed by atoms with Gasteiger partial charge in [-0.2, -0.15) is 0 Å². The third-order valence-electron chi connectivity index (χ3n) is 4.71. The monoisotopic (exact) mass is 417 g/mol. The molecular formula is C20H17F2N3O3S. The Balaban J connectivity index is 1.46. The number of nitrogens with one attached hydrogen (secondary N) is 1. The minimum Gasteiger partial charge on any atom is -0.466 e. The van der Waals surface area contributed by atoms with Gasteiger partial charge in [0.25, 0.3) is 0 Å². The lowest BCUT2D eigenvalue weighted by molar-refractivity contribution is -0.122. The van der Waals surface area contributed by atoms with E-state index >= 15 is 0 Å². The molecule has 1 aromatic carbocycles. The standard InChI is InChI=1S/C20H17F2N3O3S/c1-10-3-16(11(2)28-10)17-9-29-20(23-17)24-19(27)12-4-18(26)25(8-12)15-6-13(21)5-14(22)7-15/h3,5-7,9,12H,4,8H2,1-2H3,(H,23,24,27). The SMILES string of the molecule is Cc1cc(-c2csc(NC(=O)C3CC(=O)N(c4cc(F)cc(F)c4)C3)n2)c(C)o1. The second-order valence-corrected chi connectivity index (χ2v) is 7.75. The van der Waals surface area contributed by atoms with Gasteiger partial charge in [0.15, 0.2) is 5.13 Å². The molecular weight excluding hydrogens is 400 g/mol. The van der Waals surface area contributed by atoms with Gasteiger partial charge in [-0.15, -0.1) is 11.3 Å². The second-order valence-electron chi connectivity index (χ2n) is 6.89. The summed E-state index contributed by atoms with van der Waals surface area (Å²) >= 11 is 1.27. The minimum atomic E-state index is -0.777. The van der Waals surface area contributed by atoms with Crippen LogP contribution in [0, 0.1) is 31.4 Å². The minimum absolute atomic E-state index is 0.0395. The van der Waals surface area contributed by atoms with E-state index in [0.29, 0.717) is 10.8 Å². The summed E-state index contributed by atoms with van der Waals surface area (Å²) < 4.78 is 32.4. The van der Waals surface area contributed by atoms with Crippen LogP contribution in [-0.4, -0.2) is 23.3 Å². The zero-order valence-corrected chi connectivity index (χ0v) is 16.5. The molecule has 0 spiro atoms. The van der Waals surface area contributed by atoms with E-state index in [4.69, 9.17) is 4.42 Å². The predicted octanol–water partition coefficient (Wildman–Crippen LogP) is 4.29. The number of carbonyl (C=O) groups excluding carboxylic acids is 2. The van der Waals surface area contributed by atoms with Crippen LogP contribution in [0.2, 0.25) is 0 Å². The molecule has 1 saturated heterocycles. The van der Waals surface area contributed by atoms with E-state index in [-0.39, 0.29) is 30.5 Å². The number of carbonyl (C=O) groups is 2. The number of benzene rings is 1. The molecule has 0 radical (unpaired) electrons. The third-order valence-corrected chi connectivity index (χ3v) is 5.46. The summed E-state index contributed by atoms with van der Waals surface area (Å²) in [6.07, 6.45) is -0.0395. The quantitative estimate of drug-likeness (QED) is 0.687. The van der Waals surface area contributed by atoms with E-state index in [0.717, 1.165) is 35.3 Å². The number of thiazole rings is 1. The first-order valence-electron chi connectivity index (χ1n) is 8.90. The lowest BCUT2D eigenvalue weighted by atomic mass is 10.1. The molecule has 1 unspecified atom stereocenters. The molecule has 6 nitrogen and oxygen atoms in total. The van der Waals surface area contributed by atoms with E-state index in [9.17, 15) is 18.4 Å². The van der Waals surface area contributed by atoms with Crippen molar-refractivity contribution in [1.82, 2.24) is 4.98 Å². The van der Waals surface area contributed by atoms with Crippen LogP contribution >= 0.6 is 11.3 Å². The van der Waals surface area contributed by atoms with Crippen molar-refractivity contribution in [2.75, 3.05) is 16.8 Å². The van der Waals surface area contributed by atoms with Gasteiger partial charge in [0.2, 0.25) is 11.8 Å². The van der Waals surface area contributed by atoms with Gasteiger partial charge >= 0.3 is 0 Å². The van der Waals surface area contributed by atoms with Crippen LogP contribution in [0.4, 0.5) is 19.6 Å². The number of hydrogen-bond donors (Lipinski definition) is 1. The third kappa shape index (κ3) is 3.91. The normalized spacial score (nSPS) is 16.5. The van der Waals surface area contributed by atoms with E-state index in [1.807, 2.05) is 25.3 Å². The molecule has 0 aliphatic carbocycles. The Morgan fingerprint density at radius 1 is 1.24 bits per heavy atom. The lowest BCUT2D eigenvalue weighted by Gasteiger charge is -2.16. The van der Waals surface area contributed by atoms with Gasteiger partial charge in [0.05, 0.1) is 11.6 Å². The molecule has 2 aromatic heterocycles. The molecule has 1 aliphatic heterocycles. The van der Waals surface area contributed by atoms with Gasteiger partial charge in [0, 0.05) is 35.7 Å². The van der Waals surface area contributed by atoms with Crippen molar-refractivity contribution >= 4 is 34.0 Å². The molecule has 3 aromatic rings. The molecule has 1 N–H and O–H groups in total. The highest BCUT2D eigenvalue weighted by Gasteiger charge is 2.35. The zero-order chi connectivity index (χ0) is 20.7. The number of aryl methyl sites for hydroxylation is 2. The van der Waals surface area contributed by atoms with Gasteiger partial charge in [-0.25, -0.2) is 13.8 Å². The molecule has 1 atom stereocenters. The van der Waals surface area contributed by atoms with Crippen LogP contribution in [0.3, 0.4) is 0 Å². The number of hydrogen-bond acceptors (Lipinski definition) is 5. The Kier molecular flexibility index (Phi) is 4.91. The van der Waals surface area contributed by atoms with Gasteiger partial charge < -0.3 is 14.6 Å². The Bertz CT molecular complexity index is 1090. The molecule has 4 rings (SSSR count). The van der Waals surface area contributed by atoms with Gasteiger partial charge in [-0.1, -0.05) is 0 Å². The number of halogens is 2. The maximum atomic E-state index is 13.5. The number of furan rings is 1. The molecule has 3 heterocycles. The fraction of sp³-hybridized carbons (Fsp3) is 0.250. The fourth-order valence-electron chi connectivity index (χ4n) is 3.38. The topological polar surface area (TPSA) is 75.4 Å². The Morgan fingerprint density at radius 2 is 1.97 bits per heavy atom. The first kappa shape index (κ1) is 19.3. The molecule has 0 saturated carbocycles. The number of amides is 2. The van der Waals surface area contributed by atoms with E-state index in [1.165, 1.54) is 16.2 Å². The summed E-state index contributed by atoms with van der Waals surface area (Å²) in [5.41, 5.74) is 1.65. The van der Waals surface area contributed by atoms with E-state index in [1.54, 1.807) is 0 Å². The van der Waals surface area contributed by atoms with Crippen molar-refractivity contribution in [3.05, 3.63) is 52.8 Å². The van der Waals surface area contributed by atoms with Crippen molar-refractivity contribution in [1.29, 1.82) is 0 Å². The van der Waals surface area contributed by atoms with Crippen molar-refractivity contribution < 1.29 is 22.8 Å². The smallest absolute Gasteiger partial charge is 0.231 e. The largest absolute Gasteiger partial charge is 0.466 e. The van der Waals surface area contributed by atoms with Crippen molar-refractivity contribution in [2.24, 2.45) is 5.92 Å². The van der Waals surface area contributed by atoms with Gasteiger partial charge in [0.1, 0.15) is 23.2 Å². The summed E-state index contributed by atoms with van der Waals surface area (Å²) in [6.45, 7) is 3.73. The molecule has 1 fully saturated rings. The summed E-state index contributed by atoms with van der Waals surface area (Å²) in [7, 11) is 0. The van der Waals surface area contributed by atoms with Crippen LogP contribution < -0.4 is 10.2 Å². The molecule has 0 bridgehead atoms. The van der Waals surface area contributed by atoms with E-state index in [2.05, 4.69) is 10.3 Å². The highest BCUT2D eigenvalue weighted by molar-refractivity contribution is 7.14. The lowest BCUT2D eigenvalue weighted by Crippen LogP contribution is -2.28. The summed E-state index contributed by atoms with van der Waals surface area (Å²) in [5.74, 6) is -1.40. The van der Waals surface area contributed by atoms with Crippen LogP contribution in [0.5, 0.6) is 0 Å². The van der Waals surface area contributed by atoms with Crippen molar-refractivity contribution in [3.63, 3.8) is 0 Å². The van der Waals surface area contributed by atoms with Crippen LogP contribution in [0.25, 0.3) is 11.3 Å². The molecule has 150 valence electrons. The van der Waals surface area contributed by atoms with Crippen LogP contribution in [0.1, 0.15) is 17.9 Å². The molecule has 29 heavy (non-hydrogen) atoms. The average Bonchev–Trinajstić information content (AvgIpc) is 3.33. The van der Waals surface area contributed by atoms with Crippen molar-refractivity contribution in [3.8, 4) is 11.3 Å². The number of anilines is 2. The average molecular weight is 417 g/mol. The summed E-state index contributed by atoms with van der Waals surface area (Å²) in [4.78, 5) is 30.5. The zero-order valence-electron chi connectivity index (χ0n) is 15.7. The van der Waals surface area contributed by atoms with Gasteiger partial charge in [-0.3, -0.25) is 9.59 Å². The van der Waals surface area contributed by atoms with Crippen LogP contribution in [-0.2, 0) is 9.59 Å². The number of aromatic nitrogens is 1. The fourth-order valence-corrected chi connectivity index (χ4v) is 4.09. The first-order chi connectivity index (χ1) is 13.8. The highest BCUT2D eigenvalue weighted by atomic mass is 32.1. The van der Waals surface area contributed by atoms with Crippen LogP contribution in [0.15, 0.2) is 34.1 Å². The Morgan fingerprint density at radius 3 is 2.62 bits per heavy atom. The maximum Gasteiger partial charge on any atom is 0.231 e. The Hall–Kier alpha value is -3.07. The number of rotatable bonds is 4. The molecule has 1 aliphatic rings. The summed E-state index contributed by atoms with van der Waals surface area (Å²) in [6, 6.07) is 4.76. The highest BCUT2D eigenvalue weighted by Crippen LogP contribution is 2.31.